The van der Waals surface area contributed by atoms with Crippen LogP contribution in [0.4, 0.5) is 11.4 Å². The zero-order chi connectivity index (χ0) is 24.2. The number of rotatable bonds is 6. The predicted octanol–water partition coefficient (Wildman–Crippen LogP) is 6.31. The number of carbonyl (C=O) groups is 2. The number of thioether (sulfide) groups is 1. The van der Waals surface area contributed by atoms with Gasteiger partial charge < -0.3 is 5.32 Å². The van der Waals surface area contributed by atoms with E-state index in [2.05, 4.69) is 5.32 Å². The first-order valence-corrected chi connectivity index (χ1v) is 12.4. The Morgan fingerprint density at radius 1 is 0.914 bits per heavy atom. The van der Waals surface area contributed by atoms with E-state index < -0.39 is 5.25 Å². The fourth-order valence-corrected chi connectivity index (χ4v) is 5.17. The van der Waals surface area contributed by atoms with Gasteiger partial charge in [-0.05, 0) is 47.5 Å². The van der Waals surface area contributed by atoms with E-state index in [1.165, 1.54) is 11.8 Å². The number of aryl methyl sites for hydroxylation is 1. The molecule has 1 unspecified atom stereocenters. The summed E-state index contributed by atoms with van der Waals surface area (Å²) in [5.74, 6) is -0.291. The lowest BCUT2D eigenvalue weighted by Crippen LogP contribution is -2.33. The molecule has 2 amide bonds. The van der Waals surface area contributed by atoms with Crippen LogP contribution < -0.4 is 5.32 Å². The fourth-order valence-electron chi connectivity index (χ4n) is 4.01. The van der Waals surface area contributed by atoms with E-state index >= 15 is 0 Å². The molecule has 0 saturated carbocycles. The molecule has 4 aromatic carbocycles. The van der Waals surface area contributed by atoms with Crippen LogP contribution >= 0.6 is 11.8 Å². The zero-order valence-corrected chi connectivity index (χ0v) is 20.2. The van der Waals surface area contributed by atoms with Gasteiger partial charge in [0, 0.05) is 12.1 Å². The van der Waals surface area contributed by atoms with Gasteiger partial charge in [-0.3, -0.25) is 14.5 Å². The van der Waals surface area contributed by atoms with Gasteiger partial charge in [0.25, 0.3) is 0 Å². The molecule has 0 radical (unpaired) electrons. The number of aliphatic imine (C=N–C) groups is 1. The smallest absolute Gasteiger partial charge is 0.242 e. The lowest BCUT2D eigenvalue weighted by molar-refractivity contribution is -0.128. The molecule has 174 valence electrons. The highest BCUT2D eigenvalue weighted by atomic mass is 32.2. The molecule has 1 heterocycles. The fraction of sp³-hybridized carbons (Fsp3) is 0.138. The first kappa shape index (κ1) is 22.9. The minimum atomic E-state index is -0.525. The molecule has 0 aliphatic carbocycles. The Kier molecular flexibility index (Phi) is 6.64. The van der Waals surface area contributed by atoms with Gasteiger partial charge in [-0.2, -0.15) is 0 Å². The predicted molar refractivity (Wildman–Crippen MR) is 144 cm³/mol. The minimum absolute atomic E-state index is 0.0779. The SMILES string of the molecule is Cc1ccc(N=C2SC(CC(=O)Nc3ccc4ccccc4c3)C(=O)N2Cc2ccccc2)cc1. The number of anilines is 1. The molecule has 1 N–H and O–H groups in total. The van der Waals surface area contributed by atoms with Crippen LogP contribution in [0.5, 0.6) is 0 Å². The summed E-state index contributed by atoms with van der Waals surface area (Å²) < 4.78 is 0. The van der Waals surface area contributed by atoms with Crippen LogP contribution in [0.25, 0.3) is 10.8 Å². The highest BCUT2D eigenvalue weighted by molar-refractivity contribution is 8.15. The Hall–Kier alpha value is -3.90. The van der Waals surface area contributed by atoms with Crippen LogP contribution in [-0.4, -0.2) is 27.1 Å². The maximum Gasteiger partial charge on any atom is 0.242 e. The van der Waals surface area contributed by atoms with Crippen molar-refractivity contribution < 1.29 is 9.59 Å². The number of fused-ring (bicyclic) bond motifs is 1. The van der Waals surface area contributed by atoms with E-state index in [1.807, 2.05) is 104 Å². The number of hydrogen-bond acceptors (Lipinski definition) is 4. The highest BCUT2D eigenvalue weighted by Crippen LogP contribution is 2.33. The van der Waals surface area contributed by atoms with Crippen molar-refractivity contribution in [1.29, 1.82) is 0 Å². The van der Waals surface area contributed by atoms with Crippen molar-refractivity contribution in [2.75, 3.05) is 5.32 Å². The molecule has 0 bridgehead atoms. The number of nitrogens with zero attached hydrogens (tertiary/aromatic N) is 2. The van der Waals surface area contributed by atoms with E-state index in [0.29, 0.717) is 11.7 Å². The Morgan fingerprint density at radius 2 is 1.63 bits per heavy atom. The lowest BCUT2D eigenvalue weighted by atomic mass is 10.1. The van der Waals surface area contributed by atoms with Gasteiger partial charge in [-0.15, -0.1) is 0 Å². The van der Waals surface area contributed by atoms with Crippen molar-refractivity contribution in [3.8, 4) is 0 Å². The van der Waals surface area contributed by atoms with Crippen molar-refractivity contribution in [1.82, 2.24) is 4.90 Å². The second-order valence-electron chi connectivity index (χ2n) is 8.56. The van der Waals surface area contributed by atoms with Crippen molar-refractivity contribution in [3.63, 3.8) is 0 Å². The quantitative estimate of drug-likeness (QED) is 0.353. The molecule has 5 rings (SSSR count). The molecule has 1 fully saturated rings. The maximum absolute atomic E-state index is 13.4. The van der Waals surface area contributed by atoms with Crippen LogP contribution in [0, 0.1) is 6.92 Å². The van der Waals surface area contributed by atoms with Crippen LogP contribution in [0.2, 0.25) is 0 Å². The van der Waals surface area contributed by atoms with E-state index in [4.69, 9.17) is 4.99 Å². The van der Waals surface area contributed by atoms with Gasteiger partial charge in [0.1, 0.15) is 5.25 Å². The molecule has 0 spiro atoms. The molecule has 6 heteroatoms. The monoisotopic (exact) mass is 479 g/mol. The van der Waals surface area contributed by atoms with Gasteiger partial charge in [0.05, 0.1) is 12.2 Å². The Labute approximate surface area is 208 Å². The number of amides is 2. The molecule has 1 atom stereocenters. The van der Waals surface area contributed by atoms with Crippen molar-refractivity contribution in [2.45, 2.75) is 25.1 Å². The Morgan fingerprint density at radius 3 is 2.40 bits per heavy atom. The van der Waals surface area contributed by atoms with Crippen LogP contribution in [0.1, 0.15) is 17.5 Å². The second kappa shape index (κ2) is 10.2. The molecule has 1 saturated heterocycles. The van der Waals surface area contributed by atoms with Gasteiger partial charge in [-0.1, -0.05) is 90.1 Å². The maximum atomic E-state index is 13.4. The van der Waals surface area contributed by atoms with Crippen LogP contribution in [-0.2, 0) is 16.1 Å². The first-order chi connectivity index (χ1) is 17.0. The zero-order valence-electron chi connectivity index (χ0n) is 19.3. The van der Waals surface area contributed by atoms with E-state index in [0.717, 1.165) is 33.3 Å². The van der Waals surface area contributed by atoms with E-state index in [-0.39, 0.29) is 18.2 Å². The van der Waals surface area contributed by atoms with Gasteiger partial charge >= 0.3 is 0 Å². The number of carbonyl (C=O) groups excluding carboxylic acids is 2. The molecular formula is C29H25N3O2S. The molecule has 5 nitrogen and oxygen atoms in total. The number of benzene rings is 4. The summed E-state index contributed by atoms with van der Waals surface area (Å²) in [6.45, 7) is 2.44. The molecule has 1 aliphatic heterocycles. The van der Waals surface area contributed by atoms with Crippen LogP contribution in [0.15, 0.2) is 102 Å². The Balaban J connectivity index is 1.34. The number of amidine groups is 1. The lowest BCUT2D eigenvalue weighted by Gasteiger charge is -2.16. The summed E-state index contributed by atoms with van der Waals surface area (Å²) >= 11 is 1.35. The Bertz CT molecular complexity index is 1400. The summed E-state index contributed by atoms with van der Waals surface area (Å²) in [5, 5.41) is 5.21. The van der Waals surface area contributed by atoms with Crippen molar-refractivity contribution >= 4 is 50.9 Å². The summed E-state index contributed by atoms with van der Waals surface area (Å²) in [6, 6.07) is 31.5. The summed E-state index contributed by atoms with van der Waals surface area (Å²) in [5.41, 5.74) is 3.66. The van der Waals surface area contributed by atoms with Gasteiger partial charge in [-0.25, -0.2) is 4.99 Å². The number of hydrogen-bond donors (Lipinski definition) is 1. The standard InChI is InChI=1S/C29H25N3O2S/c1-20-11-14-24(15-12-20)31-29-32(19-21-7-3-2-4-8-21)28(34)26(35-29)18-27(33)30-25-16-13-22-9-5-6-10-23(22)17-25/h2-17,26H,18-19H2,1H3,(H,30,33). The number of nitrogens with one attached hydrogen (secondary N) is 1. The average Bonchev–Trinajstić information content (AvgIpc) is 3.14. The third kappa shape index (κ3) is 5.44. The van der Waals surface area contributed by atoms with Crippen LogP contribution in [0.3, 0.4) is 0 Å². The van der Waals surface area contributed by atoms with Gasteiger partial charge in [0.15, 0.2) is 5.17 Å². The van der Waals surface area contributed by atoms with Gasteiger partial charge in [0.2, 0.25) is 11.8 Å². The summed E-state index contributed by atoms with van der Waals surface area (Å²) in [7, 11) is 0. The molecule has 0 aromatic heterocycles. The average molecular weight is 480 g/mol. The normalized spacial score (nSPS) is 16.7. The molecular weight excluding hydrogens is 454 g/mol. The third-order valence-corrected chi connectivity index (χ3v) is 7.04. The summed E-state index contributed by atoms with van der Waals surface area (Å²) in [6.07, 6.45) is 0.0779. The van der Waals surface area contributed by atoms with E-state index in [9.17, 15) is 9.59 Å². The third-order valence-electron chi connectivity index (χ3n) is 5.87. The topological polar surface area (TPSA) is 61.8 Å². The highest BCUT2D eigenvalue weighted by Gasteiger charge is 2.39. The van der Waals surface area contributed by atoms with E-state index in [1.54, 1.807) is 4.90 Å². The molecule has 4 aromatic rings. The largest absolute Gasteiger partial charge is 0.326 e. The minimum Gasteiger partial charge on any atom is -0.326 e. The summed E-state index contributed by atoms with van der Waals surface area (Å²) in [4.78, 5) is 32.7. The molecule has 1 aliphatic rings. The second-order valence-corrected chi connectivity index (χ2v) is 9.73. The first-order valence-electron chi connectivity index (χ1n) is 11.5. The van der Waals surface area contributed by atoms with Crippen molar-refractivity contribution in [2.24, 2.45) is 4.99 Å². The molecule has 35 heavy (non-hydrogen) atoms. The van der Waals surface area contributed by atoms with Crippen molar-refractivity contribution in [3.05, 3.63) is 108 Å².